The topological polar surface area (TPSA) is 120 Å². The molecule has 0 radical (unpaired) electrons. The van der Waals surface area contributed by atoms with Gasteiger partial charge in [-0.1, -0.05) is 30.3 Å². The number of carbonyl (C=O) groups excluding carboxylic acids is 1. The summed E-state index contributed by atoms with van der Waals surface area (Å²) < 4.78 is 30.4. The second kappa shape index (κ2) is 9.11. The molecule has 0 spiro atoms. The van der Waals surface area contributed by atoms with Crippen LogP contribution in [0.3, 0.4) is 0 Å². The largest absolute Gasteiger partial charge is 0.444 e. The number of likely N-dealkylation sites (tertiary alicyclic amines) is 1. The number of carbonyl (C=O) groups is 1. The van der Waals surface area contributed by atoms with E-state index in [1.54, 1.807) is 0 Å². The first-order valence-corrected chi connectivity index (χ1v) is 13.4. The second-order valence-electron chi connectivity index (χ2n) is 10.8. The molecule has 10 heteroatoms. The highest BCUT2D eigenvalue weighted by Gasteiger charge is 2.53. The molecule has 34 heavy (non-hydrogen) atoms. The fourth-order valence-corrected chi connectivity index (χ4v) is 6.24. The Morgan fingerprint density at radius 2 is 1.85 bits per heavy atom. The van der Waals surface area contributed by atoms with Crippen molar-refractivity contribution in [2.45, 2.75) is 75.6 Å². The highest BCUT2D eigenvalue weighted by atomic mass is 32.2. The van der Waals surface area contributed by atoms with Gasteiger partial charge in [0.1, 0.15) is 5.60 Å². The molecule has 0 bridgehead atoms. The number of nitrogens with two attached hydrogens (primary N) is 1. The van der Waals surface area contributed by atoms with E-state index < -0.39 is 21.3 Å². The Morgan fingerprint density at radius 1 is 1.24 bits per heavy atom. The zero-order valence-electron chi connectivity index (χ0n) is 20.2. The van der Waals surface area contributed by atoms with Crippen LogP contribution in [0.4, 0.5) is 4.79 Å². The van der Waals surface area contributed by atoms with Crippen molar-refractivity contribution in [3.63, 3.8) is 0 Å². The van der Waals surface area contributed by atoms with Crippen LogP contribution in [-0.2, 0) is 14.9 Å². The minimum atomic E-state index is -3.75. The van der Waals surface area contributed by atoms with Gasteiger partial charge in [-0.15, -0.1) is 0 Å². The molecule has 1 saturated carbocycles. The van der Waals surface area contributed by atoms with Crippen molar-refractivity contribution < 1.29 is 17.9 Å². The Morgan fingerprint density at radius 3 is 2.38 bits per heavy atom. The van der Waals surface area contributed by atoms with Crippen LogP contribution in [0.2, 0.25) is 0 Å². The first-order chi connectivity index (χ1) is 15.9. The molecular formula is C24H35N5O4S. The monoisotopic (exact) mass is 489 g/mol. The fourth-order valence-electron chi connectivity index (χ4n) is 5.40. The number of ether oxygens (including phenoxy) is 1. The summed E-state index contributed by atoms with van der Waals surface area (Å²) >= 11 is 0. The lowest BCUT2D eigenvalue weighted by Gasteiger charge is -2.55. The van der Waals surface area contributed by atoms with Crippen LogP contribution in [0.1, 0.15) is 57.9 Å². The second-order valence-corrected chi connectivity index (χ2v) is 12.3. The summed E-state index contributed by atoms with van der Waals surface area (Å²) in [5.41, 5.74) is 0.159. The van der Waals surface area contributed by atoms with Crippen molar-refractivity contribution in [3.05, 3.63) is 35.9 Å². The number of amides is 1. The smallest absolute Gasteiger partial charge is 0.410 e. The molecule has 1 amide bonds. The molecule has 3 fully saturated rings. The molecule has 9 nitrogen and oxygen atoms in total. The van der Waals surface area contributed by atoms with Gasteiger partial charge in [-0.3, -0.25) is 4.90 Å². The van der Waals surface area contributed by atoms with E-state index in [-0.39, 0.29) is 37.7 Å². The van der Waals surface area contributed by atoms with Gasteiger partial charge in [0.2, 0.25) is 0 Å². The van der Waals surface area contributed by atoms with Gasteiger partial charge >= 0.3 is 6.09 Å². The minimum absolute atomic E-state index is 0.0402. The van der Waals surface area contributed by atoms with Crippen molar-refractivity contribution in [3.8, 4) is 6.07 Å². The zero-order valence-corrected chi connectivity index (χ0v) is 21.0. The maximum absolute atomic E-state index is 13.3. The van der Waals surface area contributed by atoms with Gasteiger partial charge in [0.25, 0.3) is 10.2 Å². The van der Waals surface area contributed by atoms with E-state index in [0.717, 1.165) is 19.3 Å². The van der Waals surface area contributed by atoms with Gasteiger partial charge in [-0.05, 0) is 45.6 Å². The highest BCUT2D eigenvalue weighted by molar-refractivity contribution is 7.86. The lowest BCUT2D eigenvalue weighted by Crippen LogP contribution is -2.73. The summed E-state index contributed by atoms with van der Waals surface area (Å²) in [4.78, 5) is 17.4. The van der Waals surface area contributed by atoms with Crippen LogP contribution in [0.25, 0.3) is 0 Å². The van der Waals surface area contributed by atoms with Gasteiger partial charge in [-0.25, -0.2) is 9.93 Å². The van der Waals surface area contributed by atoms with E-state index in [1.807, 2.05) is 43.9 Å². The average Bonchev–Trinajstić information content (AvgIpc) is 3.50. The molecule has 2 atom stereocenters. The van der Waals surface area contributed by atoms with Crippen molar-refractivity contribution in [1.29, 1.82) is 5.26 Å². The number of hydrogen-bond acceptors (Lipinski definition) is 6. The first kappa shape index (κ1) is 24.9. The van der Waals surface area contributed by atoms with Crippen molar-refractivity contribution in [2.75, 3.05) is 26.2 Å². The Bertz CT molecular complexity index is 1040. The van der Waals surface area contributed by atoms with E-state index in [1.165, 1.54) is 9.87 Å². The van der Waals surface area contributed by atoms with Gasteiger partial charge < -0.3 is 9.64 Å². The predicted octanol–water partition coefficient (Wildman–Crippen LogP) is 2.42. The van der Waals surface area contributed by atoms with Crippen LogP contribution in [0.5, 0.6) is 0 Å². The number of nitriles is 1. The molecule has 1 aromatic rings. The van der Waals surface area contributed by atoms with Gasteiger partial charge in [0.15, 0.2) is 0 Å². The quantitative estimate of drug-likeness (QED) is 0.655. The Labute approximate surface area is 202 Å². The molecule has 3 aliphatic rings. The van der Waals surface area contributed by atoms with E-state index in [4.69, 9.17) is 9.88 Å². The molecule has 0 aromatic heterocycles. The minimum Gasteiger partial charge on any atom is -0.444 e. The zero-order chi connectivity index (χ0) is 24.7. The van der Waals surface area contributed by atoms with Gasteiger partial charge in [-0.2, -0.15) is 18.0 Å². The number of hydrogen-bond donors (Lipinski definition) is 1. The van der Waals surface area contributed by atoms with Crippen molar-refractivity contribution in [1.82, 2.24) is 14.1 Å². The van der Waals surface area contributed by atoms with Crippen molar-refractivity contribution in [2.24, 2.45) is 5.14 Å². The molecule has 2 saturated heterocycles. The van der Waals surface area contributed by atoms with Crippen LogP contribution in [0, 0.1) is 11.3 Å². The molecular weight excluding hydrogens is 454 g/mol. The van der Waals surface area contributed by atoms with Crippen LogP contribution >= 0.6 is 0 Å². The maximum atomic E-state index is 13.3. The van der Waals surface area contributed by atoms with Gasteiger partial charge in [0, 0.05) is 44.2 Å². The standard InChI is InChI=1S/C24H35N5O4S/c1-23(2,3)33-22(30)29(21-15-20(21)18-7-5-4-6-8-18)19-9-13-27(14-10-19)24(11-12-25)16-28(17-24)34(26,31)32/h4-8,19-21H,9-11,13-17H2,1-3H3,(H2,26,31,32). The van der Waals surface area contributed by atoms with E-state index >= 15 is 0 Å². The first-order valence-electron chi connectivity index (χ1n) is 11.9. The molecule has 2 heterocycles. The number of nitrogens with zero attached hydrogens (tertiary/aromatic N) is 4. The summed E-state index contributed by atoms with van der Waals surface area (Å²) in [6.45, 7) is 7.49. The number of benzene rings is 1. The number of rotatable bonds is 6. The third-order valence-corrected chi connectivity index (χ3v) is 8.16. The molecule has 2 N–H and O–H groups in total. The van der Waals surface area contributed by atoms with Crippen molar-refractivity contribution >= 4 is 16.3 Å². The van der Waals surface area contributed by atoms with E-state index in [9.17, 15) is 18.5 Å². The third-order valence-electron chi connectivity index (χ3n) is 7.18. The summed E-state index contributed by atoms with van der Waals surface area (Å²) in [6, 6.07) is 12.6. The molecule has 186 valence electrons. The molecule has 2 aliphatic heterocycles. The molecule has 1 aliphatic carbocycles. The Kier molecular flexibility index (Phi) is 6.68. The molecule has 2 unspecified atom stereocenters. The summed E-state index contributed by atoms with van der Waals surface area (Å²) in [6.07, 6.45) is 2.40. The fraction of sp³-hybridized carbons (Fsp3) is 0.667. The summed E-state index contributed by atoms with van der Waals surface area (Å²) in [7, 11) is -3.75. The normalized spacial score (nSPS) is 25.7. The average molecular weight is 490 g/mol. The SMILES string of the molecule is CC(C)(C)OC(=O)N(C1CCN(C2(CC#N)CN(S(N)(=O)=O)C2)CC1)C1CC1c1ccccc1. The third kappa shape index (κ3) is 5.23. The van der Waals surface area contributed by atoms with Gasteiger partial charge in [0.05, 0.1) is 18.0 Å². The Hall–Kier alpha value is -2.19. The van der Waals surface area contributed by atoms with E-state index in [0.29, 0.717) is 19.0 Å². The lowest BCUT2D eigenvalue weighted by atomic mass is 9.84. The molecule has 4 rings (SSSR count). The predicted molar refractivity (Wildman–Crippen MR) is 128 cm³/mol. The molecule has 1 aromatic carbocycles. The lowest BCUT2D eigenvalue weighted by molar-refractivity contribution is -0.0411. The summed E-state index contributed by atoms with van der Waals surface area (Å²) in [5, 5.41) is 14.7. The number of piperidine rings is 1. The van der Waals surface area contributed by atoms with E-state index in [2.05, 4.69) is 23.1 Å². The maximum Gasteiger partial charge on any atom is 0.410 e. The highest BCUT2D eigenvalue weighted by Crippen LogP contribution is 2.47. The van der Waals surface area contributed by atoms with Crippen LogP contribution < -0.4 is 5.14 Å². The van der Waals surface area contributed by atoms with Crippen LogP contribution in [0.15, 0.2) is 30.3 Å². The van der Waals surface area contributed by atoms with Crippen LogP contribution in [-0.4, -0.2) is 78.0 Å². The summed E-state index contributed by atoms with van der Waals surface area (Å²) in [5.74, 6) is 0.312. The Balaban J connectivity index is 1.46.